The maximum Gasteiger partial charge on any atom is 0.230 e. The fraction of sp³-hybridized carbons (Fsp3) is 0.0625. The van der Waals surface area contributed by atoms with Crippen molar-refractivity contribution in [2.45, 2.75) is 6.42 Å². The maximum atomic E-state index is 13.5. The van der Waals surface area contributed by atoms with Gasteiger partial charge in [-0.3, -0.25) is 9.78 Å². The van der Waals surface area contributed by atoms with Crippen molar-refractivity contribution in [1.82, 2.24) is 9.97 Å². The van der Waals surface area contributed by atoms with Gasteiger partial charge >= 0.3 is 0 Å². The second-order valence-corrected chi connectivity index (χ2v) is 5.45. The summed E-state index contributed by atoms with van der Waals surface area (Å²) in [6.45, 7) is 0. The second-order valence-electron chi connectivity index (χ2n) is 4.59. The molecule has 110 valence electrons. The van der Waals surface area contributed by atoms with Crippen LogP contribution in [0.3, 0.4) is 0 Å². The Bertz CT molecular complexity index is 789. The van der Waals surface area contributed by atoms with E-state index in [1.54, 1.807) is 30.6 Å². The zero-order valence-corrected chi connectivity index (χ0v) is 12.3. The highest BCUT2D eigenvalue weighted by atomic mass is 32.1. The lowest BCUT2D eigenvalue weighted by Crippen LogP contribution is -2.15. The summed E-state index contributed by atoms with van der Waals surface area (Å²) in [5, 5.41) is 5.04. The number of aromatic nitrogens is 2. The van der Waals surface area contributed by atoms with Crippen LogP contribution in [0.25, 0.3) is 11.3 Å². The molecule has 0 unspecified atom stereocenters. The Morgan fingerprint density at radius 3 is 2.73 bits per heavy atom. The molecular formula is C16H12FN3OS. The topological polar surface area (TPSA) is 54.9 Å². The Morgan fingerprint density at radius 1 is 1.18 bits per heavy atom. The average Bonchev–Trinajstić information content (AvgIpc) is 2.99. The molecule has 0 aliphatic carbocycles. The van der Waals surface area contributed by atoms with Gasteiger partial charge in [-0.2, -0.15) is 0 Å². The highest BCUT2D eigenvalue weighted by molar-refractivity contribution is 7.14. The van der Waals surface area contributed by atoms with Crippen LogP contribution >= 0.6 is 11.3 Å². The molecule has 2 heterocycles. The van der Waals surface area contributed by atoms with Gasteiger partial charge in [0, 0.05) is 23.3 Å². The number of hydrogen-bond donors (Lipinski definition) is 1. The van der Waals surface area contributed by atoms with E-state index in [-0.39, 0.29) is 18.1 Å². The Morgan fingerprint density at radius 2 is 1.95 bits per heavy atom. The molecule has 0 saturated carbocycles. The standard InChI is InChI=1S/C16H12FN3OS/c17-13-4-2-1-3-12(13)9-15(21)20-16-19-14(10-22-16)11-5-7-18-8-6-11/h1-8,10H,9H2,(H,19,20,21). The minimum atomic E-state index is -0.380. The molecule has 3 rings (SSSR count). The first-order chi connectivity index (χ1) is 10.7. The van der Waals surface area contributed by atoms with E-state index in [4.69, 9.17) is 0 Å². The summed E-state index contributed by atoms with van der Waals surface area (Å²) < 4.78 is 13.5. The molecule has 0 atom stereocenters. The molecule has 0 aliphatic rings. The van der Waals surface area contributed by atoms with E-state index in [0.29, 0.717) is 10.7 Å². The lowest BCUT2D eigenvalue weighted by atomic mass is 10.1. The predicted octanol–water partition coefficient (Wildman–Crippen LogP) is 3.53. The number of nitrogens with one attached hydrogen (secondary N) is 1. The Hall–Kier alpha value is -2.60. The van der Waals surface area contributed by atoms with Gasteiger partial charge < -0.3 is 5.32 Å². The zero-order valence-electron chi connectivity index (χ0n) is 11.5. The number of hydrogen-bond acceptors (Lipinski definition) is 4. The first kappa shape index (κ1) is 14.3. The number of amides is 1. The van der Waals surface area contributed by atoms with Crippen LogP contribution < -0.4 is 5.32 Å². The molecule has 0 spiro atoms. The third kappa shape index (κ3) is 3.35. The Kier molecular flexibility index (Phi) is 4.20. The first-order valence-corrected chi connectivity index (χ1v) is 7.49. The van der Waals surface area contributed by atoms with Crippen LogP contribution in [-0.4, -0.2) is 15.9 Å². The van der Waals surface area contributed by atoms with Crippen molar-refractivity contribution < 1.29 is 9.18 Å². The molecule has 22 heavy (non-hydrogen) atoms. The largest absolute Gasteiger partial charge is 0.302 e. The number of carbonyl (C=O) groups is 1. The van der Waals surface area contributed by atoms with Crippen LogP contribution in [0.4, 0.5) is 9.52 Å². The van der Waals surface area contributed by atoms with E-state index in [1.165, 1.54) is 17.4 Å². The average molecular weight is 313 g/mol. The molecule has 4 nitrogen and oxygen atoms in total. The van der Waals surface area contributed by atoms with Crippen molar-refractivity contribution in [3.8, 4) is 11.3 Å². The van der Waals surface area contributed by atoms with Crippen molar-refractivity contribution in [1.29, 1.82) is 0 Å². The number of carbonyl (C=O) groups excluding carboxylic acids is 1. The molecule has 1 aromatic carbocycles. The fourth-order valence-electron chi connectivity index (χ4n) is 1.96. The van der Waals surface area contributed by atoms with Gasteiger partial charge in [-0.05, 0) is 23.8 Å². The smallest absolute Gasteiger partial charge is 0.230 e. The minimum Gasteiger partial charge on any atom is -0.302 e. The number of nitrogens with zero attached hydrogens (tertiary/aromatic N) is 2. The number of halogens is 1. The van der Waals surface area contributed by atoms with E-state index in [9.17, 15) is 9.18 Å². The number of anilines is 1. The number of thiazole rings is 1. The summed E-state index contributed by atoms with van der Waals surface area (Å²) in [4.78, 5) is 20.3. The van der Waals surface area contributed by atoms with Crippen LogP contribution in [0.5, 0.6) is 0 Å². The van der Waals surface area contributed by atoms with Gasteiger partial charge in [0.1, 0.15) is 5.82 Å². The zero-order chi connectivity index (χ0) is 15.4. The van der Waals surface area contributed by atoms with Crippen molar-refractivity contribution in [3.63, 3.8) is 0 Å². The lowest BCUT2D eigenvalue weighted by molar-refractivity contribution is -0.115. The van der Waals surface area contributed by atoms with Crippen molar-refractivity contribution >= 4 is 22.4 Å². The van der Waals surface area contributed by atoms with Crippen LogP contribution in [0.15, 0.2) is 54.2 Å². The SMILES string of the molecule is O=C(Cc1ccccc1F)Nc1nc(-c2ccncc2)cs1. The molecule has 6 heteroatoms. The van der Waals surface area contributed by atoms with Crippen LogP contribution in [-0.2, 0) is 11.2 Å². The summed E-state index contributed by atoms with van der Waals surface area (Å²) in [5.41, 5.74) is 2.07. The molecule has 0 fully saturated rings. The van der Waals surface area contributed by atoms with Gasteiger partial charge in [-0.1, -0.05) is 18.2 Å². The van der Waals surface area contributed by atoms with Gasteiger partial charge in [-0.15, -0.1) is 11.3 Å². The highest BCUT2D eigenvalue weighted by Gasteiger charge is 2.10. The molecule has 3 aromatic rings. The lowest BCUT2D eigenvalue weighted by Gasteiger charge is -2.03. The minimum absolute atomic E-state index is 0.0170. The highest BCUT2D eigenvalue weighted by Crippen LogP contribution is 2.24. The molecule has 0 saturated heterocycles. The van der Waals surface area contributed by atoms with Gasteiger partial charge in [0.05, 0.1) is 12.1 Å². The maximum absolute atomic E-state index is 13.5. The normalized spacial score (nSPS) is 10.4. The Labute approximate surface area is 130 Å². The van der Waals surface area contributed by atoms with Gasteiger partial charge in [-0.25, -0.2) is 9.37 Å². The summed E-state index contributed by atoms with van der Waals surface area (Å²) in [7, 11) is 0. The van der Waals surface area contributed by atoms with Crippen molar-refractivity contribution in [3.05, 3.63) is 65.6 Å². The van der Waals surface area contributed by atoms with Gasteiger partial charge in [0.2, 0.25) is 5.91 Å². The molecule has 1 amide bonds. The number of pyridine rings is 1. The molecule has 0 bridgehead atoms. The monoisotopic (exact) mass is 313 g/mol. The van der Waals surface area contributed by atoms with Crippen molar-refractivity contribution in [2.24, 2.45) is 0 Å². The summed E-state index contributed by atoms with van der Waals surface area (Å²) >= 11 is 1.33. The van der Waals surface area contributed by atoms with E-state index >= 15 is 0 Å². The first-order valence-electron chi connectivity index (χ1n) is 6.61. The summed E-state index contributed by atoms with van der Waals surface area (Å²) in [6.07, 6.45) is 3.35. The fourth-order valence-corrected chi connectivity index (χ4v) is 2.70. The molecule has 0 radical (unpaired) electrons. The van der Waals surface area contributed by atoms with E-state index in [0.717, 1.165) is 11.3 Å². The van der Waals surface area contributed by atoms with E-state index in [2.05, 4.69) is 15.3 Å². The van der Waals surface area contributed by atoms with Crippen LogP contribution in [0.2, 0.25) is 0 Å². The molecule has 1 N–H and O–H groups in total. The summed E-state index contributed by atoms with van der Waals surface area (Å²) in [6, 6.07) is 9.93. The van der Waals surface area contributed by atoms with Gasteiger partial charge in [0.25, 0.3) is 0 Å². The van der Waals surface area contributed by atoms with Gasteiger partial charge in [0.15, 0.2) is 5.13 Å². The second kappa shape index (κ2) is 6.44. The molecule has 0 aliphatic heterocycles. The van der Waals surface area contributed by atoms with Crippen molar-refractivity contribution in [2.75, 3.05) is 5.32 Å². The molecule has 2 aromatic heterocycles. The van der Waals surface area contributed by atoms with E-state index in [1.807, 2.05) is 17.5 Å². The van der Waals surface area contributed by atoms with Crippen LogP contribution in [0.1, 0.15) is 5.56 Å². The van der Waals surface area contributed by atoms with Crippen LogP contribution in [0, 0.1) is 5.82 Å². The number of rotatable bonds is 4. The summed E-state index contributed by atoms with van der Waals surface area (Å²) in [5.74, 6) is -0.671. The Balaban J connectivity index is 1.68. The third-order valence-electron chi connectivity index (χ3n) is 3.04. The predicted molar refractivity (Wildman–Crippen MR) is 84.1 cm³/mol. The quantitative estimate of drug-likeness (QED) is 0.801. The molecular weight excluding hydrogens is 301 g/mol. The third-order valence-corrected chi connectivity index (χ3v) is 3.79. The number of benzene rings is 1. The van der Waals surface area contributed by atoms with E-state index < -0.39 is 0 Å².